The fraction of sp³-hybridized carbons (Fsp3) is 0.267. The summed E-state index contributed by atoms with van der Waals surface area (Å²) < 4.78 is 38.4. The monoisotopic (exact) mass is 340 g/mol. The van der Waals surface area contributed by atoms with E-state index >= 15 is 0 Å². The van der Waals surface area contributed by atoms with Gasteiger partial charge in [0.1, 0.15) is 5.82 Å². The molecule has 2 rings (SSSR count). The fourth-order valence-corrected chi connectivity index (χ4v) is 1.89. The highest BCUT2D eigenvalue weighted by Gasteiger charge is 2.29. The van der Waals surface area contributed by atoms with Gasteiger partial charge in [-0.1, -0.05) is 12.1 Å². The summed E-state index contributed by atoms with van der Waals surface area (Å²) in [6, 6.07) is 5.70. The number of halogens is 3. The van der Waals surface area contributed by atoms with E-state index in [4.69, 9.17) is 0 Å². The van der Waals surface area contributed by atoms with Crippen molar-refractivity contribution in [3.63, 3.8) is 0 Å². The van der Waals surface area contributed by atoms with Crippen molar-refractivity contribution in [3.8, 4) is 0 Å². The highest BCUT2D eigenvalue weighted by molar-refractivity contribution is 5.80. The van der Waals surface area contributed by atoms with Gasteiger partial charge in [0.2, 0.25) is 0 Å². The number of aromatic amines is 1. The Morgan fingerprint density at radius 2 is 1.88 bits per heavy atom. The van der Waals surface area contributed by atoms with E-state index in [1.807, 2.05) is 0 Å². The molecule has 0 unspecified atom stereocenters. The smallest absolute Gasteiger partial charge is 0.292 e. The largest absolute Gasteiger partial charge is 0.416 e. The quantitative estimate of drug-likeness (QED) is 0.683. The summed E-state index contributed by atoms with van der Waals surface area (Å²) >= 11 is 0. The first-order valence-corrected chi connectivity index (χ1v) is 7.01. The van der Waals surface area contributed by atoms with Crippen molar-refractivity contribution >= 4 is 12.0 Å². The Labute approximate surface area is 134 Å². The lowest BCUT2D eigenvalue weighted by molar-refractivity contribution is -0.137. The molecule has 0 spiro atoms. The van der Waals surface area contributed by atoms with E-state index in [2.05, 4.69) is 10.1 Å². The van der Waals surface area contributed by atoms with E-state index in [9.17, 15) is 22.8 Å². The number of nitrogens with zero attached hydrogens (tertiary/aromatic N) is 3. The number of benzene rings is 1. The molecule has 0 fully saturated rings. The predicted octanol–water partition coefficient (Wildman–Crippen LogP) is 1.95. The van der Waals surface area contributed by atoms with E-state index in [1.165, 1.54) is 36.5 Å². The third-order valence-corrected chi connectivity index (χ3v) is 3.29. The molecule has 0 saturated carbocycles. The van der Waals surface area contributed by atoms with Crippen LogP contribution in [-0.2, 0) is 13.2 Å². The third-order valence-electron chi connectivity index (χ3n) is 3.29. The molecule has 1 heterocycles. The summed E-state index contributed by atoms with van der Waals surface area (Å²) in [5, 5.41) is 5.46. The zero-order valence-corrected chi connectivity index (χ0v) is 13.0. The molecule has 0 bridgehead atoms. The van der Waals surface area contributed by atoms with Crippen LogP contribution in [-0.4, -0.2) is 22.3 Å². The summed E-state index contributed by atoms with van der Waals surface area (Å²) in [7, 11) is 1.34. The number of H-pyrrole nitrogens is 1. The molecule has 0 aliphatic carbocycles. The Morgan fingerprint density at radius 1 is 1.25 bits per heavy atom. The average molecular weight is 340 g/mol. The normalized spacial score (nSPS) is 11.9. The second-order valence-corrected chi connectivity index (χ2v) is 4.94. The van der Waals surface area contributed by atoms with E-state index in [0.717, 1.165) is 16.7 Å². The van der Waals surface area contributed by atoms with Crippen LogP contribution in [0.3, 0.4) is 0 Å². The van der Waals surface area contributed by atoms with Crippen molar-refractivity contribution in [1.82, 2.24) is 9.55 Å². The van der Waals surface area contributed by atoms with Crippen molar-refractivity contribution in [3.05, 3.63) is 62.3 Å². The van der Waals surface area contributed by atoms with Gasteiger partial charge in [0, 0.05) is 19.7 Å². The Balaban J connectivity index is 2.26. The molecular weight excluding hydrogens is 325 g/mol. The molecule has 1 aromatic heterocycles. The lowest BCUT2D eigenvalue weighted by Gasteiger charge is -2.16. The zero-order chi connectivity index (χ0) is 17.9. The van der Waals surface area contributed by atoms with Gasteiger partial charge >= 0.3 is 11.9 Å². The number of aromatic nitrogens is 2. The van der Waals surface area contributed by atoms with Gasteiger partial charge in [-0.25, -0.2) is 9.80 Å². The first-order chi connectivity index (χ1) is 11.2. The van der Waals surface area contributed by atoms with Gasteiger partial charge in [-0.15, -0.1) is 0 Å². The maximum Gasteiger partial charge on any atom is 0.416 e. The van der Waals surface area contributed by atoms with E-state index in [0.29, 0.717) is 12.1 Å². The van der Waals surface area contributed by atoms with E-state index in [-0.39, 0.29) is 5.82 Å². The van der Waals surface area contributed by atoms with E-state index < -0.39 is 23.0 Å². The highest BCUT2D eigenvalue weighted by Crippen LogP contribution is 2.28. The van der Waals surface area contributed by atoms with E-state index in [1.54, 1.807) is 6.92 Å². The van der Waals surface area contributed by atoms with Crippen LogP contribution in [0, 0.1) is 0 Å². The van der Waals surface area contributed by atoms with Crippen LogP contribution in [0.2, 0.25) is 0 Å². The molecule has 6 nitrogen and oxygen atoms in total. The molecule has 0 aliphatic heterocycles. The molecular formula is C15H15F3N4O2. The summed E-state index contributed by atoms with van der Waals surface area (Å²) in [6.07, 6.45) is -3.05. The van der Waals surface area contributed by atoms with Gasteiger partial charge in [0.15, 0.2) is 0 Å². The second kappa shape index (κ2) is 6.73. The number of hydrazone groups is 1. The summed E-state index contributed by atoms with van der Waals surface area (Å²) in [4.78, 5) is 25.8. The van der Waals surface area contributed by atoms with Crippen LogP contribution in [0.15, 0.2) is 45.0 Å². The number of hydrogen-bond acceptors (Lipinski definition) is 4. The molecule has 0 atom stereocenters. The summed E-state index contributed by atoms with van der Waals surface area (Å²) in [6.45, 7) is 2.10. The van der Waals surface area contributed by atoms with Gasteiger partial charge in [0.25, 0.3) is 5.56 Å². The predicted molar refractivity (Wildman–Crippen MR) is 84.4 cm³/mol. The molecule has 1 N–H and O–H groups in total. The van der Waals surface area contributed by atoms with Gasteiger partial charge in [-0.05, 0) is 24.6 Å². The van der Waals surface area contributed by atoms with Crippen LogP contribution in [0.5, 0.6) is 0 Å². The number of hydrogen-bond donors (Lipinski definition) is 1. The fourth-order valence-electron chi connectivity index (χ4n) is 1.89. The lowest BCUT2D eigenvalue weighted by Crippen LogP contribution is -2.34. The Kier molecular flexibility index (Phi) is 4.91. The van der Waals surface area contributed by atoms with Crippen LogP contribution >= 0.6 is 0 Å². The average Bonchev–Trinajstić information content (AvgIpc) is 2.52. The molecule has 0 saturated heterocycles. The minimum absolute atomic E-state index is 0.203. The number of alkyl halides is 3. The van der Waals surface area contributed by atoms with Crippen molar-refractivity contribution in [1.29, 1.82) is 0 Å². The molecule has 2 aromatic rings. The first-order valence-electron chi connectivity index (χ1n) is 7.01. The summed E-state index contributed by atoms with van der Waals surface area (Å²) in [5.74, 6) is 0.203. The van der Waals surface area contributed by atoms with Crippen LogP contribution in [0.1, 0.15) is 18.1 Å². The van der Waals surface area contributed by atoms with Crippen LogP contribution < -0.4 is 16.3 Å². The minimum atomic E-state index is -4.39. The molecule has 1 aromatic carbocycles. The maximum atomic E-state index is 12.5. The SMILES string of the molecule is CCN(/N=C\c1ccc(C(F)(F)F)cc1)c1cc(=O)n(C)c(=O)[nH]1. The first kappa shape index (κ1) is 17.5. The van der Waals surface area contributed by atoms with Crippen molar-refractivity contribution < 1.29 is 13.2 Å². The molecule has 128 valence electrons. The van der Waals surface area contributed by atoms with Gasteiger partial charge in [-0.3, -0.25) is 14.3 Å². The Morgan fingerprint density at radius 3 is 2.38 bits per heavy atom. The summed E-state index contributed by atoms with van der Waals surface area (Å²) in [5.41, 5.74) is -1.37. The number of anilines is 1. The van der Waals surface area contributed by atoms with Gasteiger partial charge in [0.05, 0.1) is 11.8 Å². The minimum Gasteiger partial charge on any atom is -0.292 e. The highest BCUT2D eigenvalue weighted by atomic mass is 19.4. The van der Waals surface area contributed by atoms with Crippen LogP contribution in [0.25, 0.3) is 0 Å². The van der Waals surface area contributed by atoms with Gasteiger partial charge < -0.3 is 0 Å². The topological polar surface area (TPSA) is 70.5 Å². The second-order valence-electron chi connectivity index (χ2n) is 4.94. The van der Waals surface area contributed by atoms with Crippen LogP contribution in [0.4, 0.5) is 19.0 Å². The van der Waals surface area contributed by atoms with Gasteiger partial charge in [-0.2, -0.15) is 18.3 Å². The van der Waals surface area contributed by atoms with Crippen molar-refractivity contribution in [2.24, 2.45) is 12.1 Å². The lowest BCUT2D eigenvalue weighted by atomic mass is 10.1. The Bertz CT molecular complexity index is 819. The van der Waals surface area contributed by atoms with Crippen molar-refractivity contribution in [2.45, 2.75) is 13.1 Å². The number of rotatable bonds is 4. The molecule has 0 radical (unpaired) electrons. The maximum absolute atomic E-state index is 12.5. The molecule has 9 heteroatoms. The third kappa shape index (κ3) is 3.92. The zero-order valence-electron chi connectivity index (χ0n) is 13.0. The van der Waals surface area contributed by atoms with Crippen molar-refractivity contribution in [2.75, 3.05) is 11.6 Å². The number of nitrogens with one attached hydrogen (secondary N) is 1. The Hall–Kier alpha value is -2.84. The molecule has 0 aliphatic rings. The molecule has 24 heavy (non-hydrogen) atoms. The molecule has 0 amide bonds. The standard InChI is InChI=1S/C15H15F3N4O2/c1-3-22(12-8-13(23)21(2)14(24)20-12)19-9-10-4-6-11(7-5-10)15(16,17)18/h4-9H,3H2,1-2H3,(H,20,24)/b19-9-.